The highest BCUT2D eigenvalue weighted by Crippen LogP contribution is 2.41. The molecule has 1 amide bonds. The number of amides is 1. The highest BCUT2D eigenvalue weighted by Gasteiger charge is 2.36. The van der Waals surface area contributed by atoms with Gasteiger partial charge in [0.25, 0.3) is 0 Å². The van der Waals surface area contributed by atoms with Crippen LogP contribution < -0.4 is 10.2 Å². The highest BCUT2D eigenvalue weighted by molar-refractivity contribution is 7.09. The first-order chi connectivity index (χ1) is 11.8. The molecule has 0 unspecified atom stereocenters. The standard InChI is InChI=1S/C17H21N5OS/c23-16(21-15(12-1-2-12)17-20-7-10-24-17)13-3-8-22(9-4-13)14-11-18-5-6-19-14/h5-7,10-13,15H,1-4,8-9H2,(H,21,23)/t15-/m0/s1. The van der Waals surface area contributed by atoms with Gasteiger partial charge in [-0.05, 0) is 31.6 Å². The number of aromatic nitrogens is 3. The van der Waals surface area contributed by atoms with Gasteiger partial charge in [-0.2, -0.15) is 0 Å². The number of carbonyl (C=O) groups excluding carboxylic acids is 1. The zero-order valence-corrected chi connectivity index (χ0v) is 14.3. The Bertz CT molecular complexity index is 666. The molecule has 126 valence electrons. The van der Waals surface area contributed by atoms with Gasteiger partial charge in [-0.3, -0.25) is 9.78 Å². The summed E-state index contributed by atoms with van der Waals surface area (Å²) in [5.41, 5.74) is 0. The Kier molecular flexibility index (Phi) is 4.42. The van der Waals surface area contributed by atoms with Crippen LogP contribution in [0.4, 0.5) is 5.82 Å². The van der Waals surface area contributed by atoms with Gasteiger partial charge in [-0.1, -0.05) is 0 Å². The number of carbonyl (C=O) groups is 1. The van der Waals surface area contributed by atoms with E-state index in [1.165, 1.54) is 12.8 Å². The molecule has 2 aliphatic rings. The maximum atomic E-state index is 12.7. The largest absolute Gasteiger partial charge is 0.355 e. The van der Waals surface area contributed by atoms with E-state index in [-0.39, 0.29) is 17.9 Å². The number of thiazole rings is 1. The Hall–Kier alpha value is -2.02. The third-order valence-corrected chi connectivity index (χ3v) is 5.71. The molecule has 1 aliphatic heterocycles. The lowest BCUT2D eigenvalue weighted by atomic mass is 9.95. The van der Waals surface area contributed by atoms with Crippen molar-refractivity contribution in [2.45, 2.75) is 31.7 Å². The summed E-state index contributed by atoms with van der Waals surface area (Å²) in [5, 5.41) is 6.29. The zero-order chi connectivity index (χ0) is 16.4. The molecule has 1 N–H and O–H groups in total. The maximum absolute atomic E-state index is 12.7. The molecule has 0 bridgehead atoms. The van der Waals surface area contributed by atoms with Crippen LogP contribution in [0.1, 0.15) is 36.7 Å². The quantitative estimate of drug-likeness (QED) is 0.903. The smallest absolute Gasteiger partial charge is 0.223 e. The van der Waals surface area contributed by atoms with Gasteiger partial charge < -0.3 is 10.2 Å². The van der Waals surface area contributed by atoms with Gasteiger partial charge in [0.1, 0.15) is 10.8 Å². The number of nitrogens with zero attached hydrogens (tertiary/aromatic N) is 4. The van der Waals surface area contributed by atoms with Crippen molar-refractivity contribution < 1.29 is 4.79 Å². The molecule has 1 saturated heterocycles. The minimum absolute atomic E-state index is 0.0825. The van der Waals surface area contributed by atoms with E-state index in [1.807, 2.05) is 11.6 Å². The fraction of sp³-hybridized carbons (Fsp3) is 0.529. The minimum Gasteiger partial charge on any atom is -0.355 e. The predicted molar refractivity (Wildman–Crippen MR) is 92.7 cm³/mol. The van der Waals surface area contributed by atoms with Gasteiger partial charge in [0.15, 0.2) is 0 Å². The van der Waals surface area contributed by atoms with Crippen LogP contribution in [0.15, 0.2) is 30.2 Å². The summed E-state index contributed by atoms with van der Waals surface area (Å²) in [6.07, 6.45) is 11.1. The van der Waals surface area contributed by atoms with Gasteiger partial charge in [-0.25, -0.2) is 9.97 Å². The second-order valence-corrected chi connectivity index (χ2v) is 7.45. The Labute approximate surface area is 145 Å². The molecular weight excluding hydrogens is 322 g/mol. The van der Waals surface area contributed by atoms with Crippen LogP contribution in [0.5, 0.6) is 0 Å². The molecule has 6 nitrogen and oxygen atoms in total. The summed E-state index contributed by atoms with van der Waals surface area (Å²) in [6.45, 7) is 1.70. The molecule has 2 aromatic rings. The van der Waals surface area contributed by atoms with E-state index in [1.54, 1.807) is 29.9 Å². The molecule has 3 heterocycles. The van der Waals surface area contributed by atoms with Crippen LogP contribution in [0, 0.1) is 11.8 Å². The molecule has 7 heteroatoms. The lowest BCUT2D eigenvalue weighted by Crippen LogP contribution is -2.42. The lowest BCUT2D eigenvalue weighted by Gasteiger charge is -2.32. The van der Waals surface area contributed by atoms with Crippen LogP contribution in [0.3, 0.4) is 0 Å². The molecule has 4 rings (SSSR count). The van der Waals surface area contributed by atoms with Gasteiger partial charge in [0, 0.05) is 43.0 Å². The minimum atomic E-state index is 0.0825. The SMILES string of the molecule is O=C(N[C@H](c1nccs1)C1CC1)C1CCN(c2cnccn2)CC1. The van der Waals surface area contributed by atoms with Gasteiger partial charge >= 0.3 is 0 Å². The number of piperidine rings is 1. The molecule has 1 aliphatic carbocycles. The average Bonchev–Trinajstić information content (AvgIpc) is 3.34. The van der Waals surface area contributed by atoms with Crippen LogP contribution in [0.2, 0.25) is 0 Å². The Morgan fingerprint density at radius 1 is 1.17 bits per heavy atom. The van der Waals surface area contributed by atoms with E-state index in [0.29, 0.717) is 5.92 Å². The summed E-state index contributed by atoms with van der Waals surface area (Å²) >= 11 is 1.64. The summed E-state index contributed by atoms with van der Waals surface area (Å²) in [6, 6.07) is 0.107. The third kappa shape index (κ3) is 3.40. The van der Waals surface area contributed by atoms with E-state index >= 15 is 0 Å². The van der Waals surface area contributed by atoms with Crippen LogP contribution in [-0.4, -0.2) is 33.9 Å². The molecule has 24 heavy (non-hydrogen) atoms. The molecule has 1 atom stereocenters. The van der Waals surface area contributed by atoms with E-state index in [9.17, 15) is 4.79 Å². The van der Waals surface area contributed by atoms with Gasteiger partial charge in [-0.15, -0.1) is 11.3 Å². The lowest BCUT2D eigenvalue weighted by molar-refractivity contribution is -0.126. The predicted octanol–water partition coefficient (Wildman–Crippen LogP) is 2.42. The number of rotatable bonds is 5. The van der Waals surface area contributed by atoms with Crippen LogP contribution in [0.25, 0.3) is 0 Å². The fourth-order valence-electron chi connectivity index (χ4n) is 3.30. The molecule has 0 radical (unpaired) electrons. The summed E-state index contributed by atoms with van der Waals surface area (Å²) in [5.74, 6) is 1.73. The molecule has 1 saturated carbocycles. The number of anilines is 1. The van der Waals surface area contributed by atoms with Crippen molar-refractivity contribution >= 4 is 23.1 Å². The van der Waals surface area contributed by atoms with Crippen molar-refractivity contribution in [3.63, 3.8) is 0 Å². The second kappa shape index (κ2) is 6.84. The van der Waals surface area contributed by atoms with Crippen molar-refractivity contribution in [3.05, 3.63) is 35.2 Å². The Balaban J connectivity index is 1.34. The van der Waals surface area contributed by atoms with E-state index in [4.69, 9.17) is 0 Å². The molecule has 2 aromatic heterocycles. The van der Waals surface area contributed by atoms with Crippen LogP contribution >= 0.6 is 11.3 Å². The zero-order valence-electron chi connectivity index (χ0n) is 13.5. The highest BCUT2D eigenvalue weighted by atomic mass is 32.1. The number of nitrogens with one attached hydrogen (secondary N) is 1. The topological polar surface area (TPSA) is 71.0 Å². The van der Waals surface area contributed by atoms with Gasteiger partial charge in [0.2, 0.25) is 5.91 Å². The van der Waals surface area contributed by atoms with Gasteiger partial charge in [0.05, 0.1) is 12.2 Å². The molecule has 0 aromatic carbocycles. The molecule has 2 fully saturated rings. The number of hydrogen-bond donors (Lipinski definition) is 1. The first kappa shape index (κ1) is 15.5. The first-order valence-electron chi connectivity index (χ1n) is 8.52. The van der Waals surface area contributed by atoms with Crippen molar-refractivity contribution in [3.8, 4) is 0 Å². The first-order valence-corrected chi connectivity index (χ1v) is 9.40. The van der Waals surface area contributed by atoms with E-state index < -0.39 is 0 Å². The molecule has 0 spiro atoms. The molecular formula is C17H21N5OS. The van der Waals surface area contributed by atoms with Crippen molar-refractivity contribution in [1.82, 2.24) is 20.3 Å². The van der Waals surface area contributed by atoms with E-state index in [2.05, 4.69) is 25.2 Å². The van der Waals surface area contributed by atoms with E-state index in [0.717, 1.165) is 36.8 Å². The summed E-state index contributed by atoms with van der Waals surface area (Å²) < 4.78 is 0. The summed E-state index contributed by atoms with van der Waals surface area (Å²) in [7, 11) is 0. The van der Waals surface area contributed by atoms with Crippen molar-refractivity contribution in [2.75, 3.05) is 18.0 Å². The Morgan fingerprint density at radius 2 is 2.00 bits per heavy atom. The third-order valence-electron chi connectivity index (χ3n) is 4.85. The van der Waals surface area contributed by atoms with Crippen LogP contribution in [-0.2, 0) is 4.79 Å². The number of hydrogen-bond acceptors (Lipinski definition) is 6. The maximum Gasteiger partial charge on any atom is 0.223 e. The summed E-state index contributed by atoms with van der Waals surface area (Å²) in [4.78, 5) is 27.8. The second-order valence-electron chi connectivity index (χ2n) is 6.52. The average molecular weight is 343 g/mol. The Morgan fingerprint density at radius 3 is 2.62 bits per heavy atom. The van der Waals surface area contributed by atoms with Crippen molar-refractivity contribution in [1.29, 1.82) is 0 Å². The normalized spacial score (nSPS) is 19.9. The fourth-order valence-corrected chi connectivity index (χ4v) is 4.08. The van der Waals surface area contributed by atoms with Crippen molar-refractivity contribution in [2.24, 2.45) is 11.8 Å². The monoisotopic (exact) mass is 343 g/mol.